The van der Waals surface area contributed by atoms with Gasteiger partial charge in [-0.3, -0.25) is 0 Å². The molecule has 0 bridgehead atoms. The van der Waals surface area contributed by atoms with Gasteiger partial charge < -0.3 is 5.32 Å². The molecule has 0 radical (unpaired) electrons. The Morgan fingerprint density at radius 3 is 2.24 bits per heavy atom. The van der Waals surface area contributed by atoms with Crippen LogP contribution in [0.2, 0.25) is 0 Å². The Kier molecular flexibility index (Phi) is 2.02. The Morgan fingerprint density at radius 1 is 1.18 bits per heavy atom. The van der Waals surface area contributed by atoms with Crippen LogP contribution in [0, 0.1) is 5.41 Å². The average Bonchev–Trinajstić information content (AvgIpc) is 2.72. The van der Waals surface area contributed by atoms with Gasteiger partial charge in [0, 0.05) is 31.0 Å². The average molecular weight is 237 g/mol. The van der Waals surface area contributed by atoms with Crippen molar-refractivity contribution >= 4 is 0 Å². The molecule has 1 saturated carbocycles. The highest BCUT2D eigenvalue weighted by Gasteiger charge is 2.67. The molecule has 1 nitrogen and oxygen atoms in total. The fourth-order valence-corrected chi connectivity index (χ4v) is 3.32. The van der Waals surface area contributed by atoms with Crippen molar-refractivity contribution in [2.45, 2.75) is 31.6 Å². The van der Waals surface area contributed by atoms with Crippen LogP contribution in [-0.4, -0.2) is 13.1 Å². The van der Waals surface area contributed by atoms with Crippen LogP contribution in [-0.2, 0) is 11.3 Å². The molecule has 1 aliphatic heterocycles. The summed E-state index contributed by atoms with van der Waals surface area (Å²) in [4.78, 5) is 0. The minimum absolute atomic E-state index is 0.103. The van der Waals surface area contributed by atoms with E-state index in [4.69, 9.17) is 0 Å². The molecule has 0 aromatic heterocycles. The summed E-state index contributed by atoms with van der Waals surface area (Å²) < 4.78 is 26.3. The van der Waals surface area contributed by atoms with Crippen LogP contribution in [0.5, 0.6) is 0 Å². The summed E-state index contributed by atoms with van der Waals surface area (Å²) >= 11 is 0. The summed E-state index contributed by atoms with van der Waals surface area (Å²) in [6, 6.07) is 6.90. The lowest BCUT2D eigenvalue weighted by Gasteiger charge is -2.17. The Balaban J connectivity index is 1.92. The van der Waals surface area contributed by atoms with Crippen molar-refractivity contribution in [3.8, 4) is 0 Å². The summed E-state index contributed by atoms with van der Waals surface area (Å²) in [6.45, 7) is 5.23. The first-order valence-electron chi connectivity index (χ1n) is 6.07. The molecule has 2 unspecified atom stereocenters. The summed E-state index contributed by atoms with van der Waals surface area (Å²) in [7, 11) is 0. The molecular formula is C14H17F2N. The van der Waals surface area contributed by atoms with Crippen LogP contribution >= 0.6 is 0 Å². The van der Waals surface area contributed by atoms with Crippen LogP contribution in [0.3, 0.4) is 0 Å². The van der Waals surface area contributed by atoms with Crippen molar-refractivity contribution in [1.29, 1.82) is 0 Å². The van der Waals surface area contributed by atoms with E-state index in [2.05, 4.69) is 12.2 Å². The zero-order valence-corrected chi connectivity index (χ0v) is 10.2. The zero-order chi connectivity index (χ0) is 12.3. The monoisotopic (exact) mass is 237 g/mol. The summed E-state index contributed by atoms with van der Waals surface area (Å²) in [6.07, 6.45) is 1.18. The van der Waals surface area contributed by atoms with Crippen molar-refractivity contribution in [3.63, 3.8) is 0 Å². The van der Waals surface area contributed by atoms with E-state index in [0.29, 0.717) is 5.41 Å². The summed E-state index contributed by atoms with van der Waals surface area (Å²) in [5, 5.41) is 3.40. The molecule has 1 aliphatic carbocycles. The minimum Gasteiger partial charge on any atom is -0.315 e. The third-order valence-corrected chi connectivity index (χ3v) is 4.61. The number of alkyl halides is 2. The molecular weight excluding hydrogens is 220 g/mol. The molecule has 92 valence electrons. The summed E-state index contributed by atoms with van der Waals surface area (Å²) in [5.74, 6) is -2.74. The van der Waals surface area contributed by atoms with Gasteiger partial charge in [0.15, 0.2) is 0 Å². The largest absolute Gasteiger partial charge is 0.315 e. The minimum atomic E-state index is -2.74. The fourth-order valence-electron chi connectivity index (χ4n) is 3.32. The van der Waals surface area contributed by atoms with Crippen LogP contribution in [0.1, 0.15) is 31.4 Å². The van der Waals surface area contributed by atoms with E-state index in [0.717, 1.165) is 20.0 Å². The molecule has 2 atom stereocenters. The van der Waals surface area contributed by atoms with E-state index in [9.17, 15) is 8.78 Å². The van der Waals surface area contributed by atoms with Crippen LogP contribution in [0.4, 0.5) is 8.78 Å². The van der Waals surface area contributed by atoms with Gasteiger partial charge in [-0.1, -0.05) is 31.2 Å². The molecule has 1 aromatic carbocycles. The number of fused-ring (bicyclic) bond motifs is 1. The van der Waals surface area contributed by atoms with E-state index in [1.165, 1.54) is 12.0 Å². The quantitative estimate of drug-likeness (QED) is 0.833. The van der Waals surface area contributed by atoms with Crippen LogP contribution < -0.4 is 5.32 Å². The van der Waals surface area contributed by atoms with Gasteiger partial charge in [0.1, 0.15) is 0 Å². The van der Waals surface area contributed by atoms with Crippen molar-refractivity contribution < 1.29 is 8.78 Å². The first-order valence-corrected chi connectivity index (χ1v) is 6.07. The molecule has 1 N–H and O–H groups in total. The normalized spacial score (nSPS) is 35.8. The number of benzene rings is 1. The van der Waals surface area contributed by atoms with Gasteiger partial charge in [-0.05, 0) is 17.4 Å². The predicted octanol–water partition coefficient (Wildman–Crippen LogP) is 3.05. The molecule has 2 fully saturated rings. The highest BCUT2D eigenvalue weighted by molar-refractivity contribution is 5.42. The maximum absolute atomic E-state index is 13.1. The van der Waals surface area contributed by atoms with Gasteiger partial charge in [-0.25, -0.2) is 8.78 Å². The molecule has 3 heteroatoms. The van der Waals surface area contributed by atoms with E-state index in [1.54, 1.807) is 12.1 Å². The maximum Gasteiger partial charge on any atom is 0.270 e. The summed E-state index contributed by atoms with van der Waals surface area (Å²) in [5.41, 5.74) is 1.85. The SMILES string of the molecule is CC(F)(F)c1ccc(C23CNCC2(C)C3)cc1. The van der Waals surface area contributed by atoms with E-state index < -0.39 is 5.92 Å². The standard InChI is InChI=1S/C14H17F2N/c1-12-7-14(12,9-17-8-12)11-5-3-10(4-6-11)13(2,15)16/h3-6,17H,7-9H2,1-2H3. The number of hydrogen-bond acceptors (Lipinski definition) is 1. The molecule has 2 aliphatic rings. The molecule has 3 rings (SSSR count). The molecule has 0 amide bonds. The molecule has 17 heavy (non-hydrogen) atoms. The highest BCUT2D eigenvalue weighted by Crippen LogP contribution is 2.66. The van der Waals surface area contributed by atoms with Crippen molar-refractivity contribution in [2.75, 3.05) is 13.1 Å². The third-order valence-electron chi connectivity index (χ3n) is 4.61. The number of piperidine rings is 1. The maximum atomic E-state index is 13.1. The predicted molar refractivity (Wildman–Crippen MR) is 63.3 cm³/mol. The van der Waals surface area contributed by atoms with Gasteiger partial charge >= 0.3 is 0 Å². The van der Waals surface area contributed by atoms with E-state index in [1.807, 2.05) is 12.1 Å². The number of halogens is 2. The van der Waals surface area contributed by atoms with Gasteiger partial charge in [0.2, 0.25) is 0 Å². The van der Waals surface area contributed by atoms with Gasteiger partial charge in [0.25, 0.3) is 5.92 Å². The van der Waals surface area contributed by atoms with E-state index >= 15 is 0 Å². The second-order valence-corrected chi connectivity index (χ2v) is 5.89. The third kappa shape index (κ3) is 1.45. The van der Waals surface area contributed by atoms with Crippen LogP contribution in [0.15, 0.2) is 24.3 Å². The second kappa shape index (κ2) is 3.08. The smallest absolute Gasteiger partial charge is 0.270 e. The van der Waals surface area contributed by atoms with Crippen molar-refractivity contribution in [1.82, 2.24) is 5.32 Å². The molecule has 1 aromatic rings. The lowest BCUT2D eigenvalue weighted by molar-refractivity contribution is 0.0174. The van der Waals surface area contributed by atoms with Crippen molar-refractivity contribution in [3.05, 3.63) is 35.4 Å². The van der Waals surface area contributed by atoms with E-state index in [-0.39, 0.29) is 11.0 Å². The molecule has 1 heterocycles. The Hall–Kier alpha value is -0.960. The van der Waals surface area contributed by atoms with Gasteiger partial charge in [-0.2, -0.15) is 0 Å². The molecule has 0 spiro atoms. The first-order chi connectivity index (χ1) is 7.87. The Bertz CT molecular complexity index is 444. The zero-order valence-electron chi connectivity index (χ0n) is 10.2. The Morgan fingerprint density at radius 2 is 1.82 bits per heavy atom. The number of rotatable bonds is 2. The fraction of sp³-hybridized carbons (Fsp3) is 0.571. The lowest BCUT2D eigenvalue weighted by Crippen LogP contribution is -2.19. The van der Waals surface area contributed by atoms with Gasteiger partial charge in [0.05, 0.1) is 0 Å². The lowest BCUT2D eigenvalue weighted by atomic mass is 9.89. The number of nitrogens with one attached hydrogen (secondary N) is 1. The topological polar surface area (TPSA) is 12.0 Å². The first kappa shape index (κ1) is 11.1. The Labute approximate surface area is 100 Å². The molecule has 1 saturated heterocycles. The van der Waals surface area contributed by atoms with Gasteiger partial charge in [-0.15, -0.1) is 0 Å². The second-order valence-electron chi connectivity index (χ2n) is 5.89. The van der Waals surface area contributed by atoms with Crippen LogP contribution in [0.25, 0.3) is 0 Å². The van der Waals surface area contributed by atoms with Crippen molar-refractivity contribution in [2.24, 2.45) is 5.41 Å². The highest BCUT2D eigenvalue weighted by atomic mass is 19.3. The number of hydrogen-bond donors (Lipinski definition) is 1.